The molecular weight excluding hydrogens is 424 g/mol. The van der Waals surface area contributed by atoms with Crippen LogP contribution in [0.25, 0.3) is 0 Å². The maximum Gasteiger partial charge on any atom is 0.341 e. The number of alkyl halides is 2. The summed E-state index contributed by atoms with van der Waals surface area (Å²) in [7, 11) is -4.56. The van der Waals surface area contributed by atoms with Crippen molar-refractivity contribution in [3.8, 4) is 0 Å². The number of amides is 1. The Morgan fingerprint density at radius 1 is 0.903 bits per heavy atom. The van der Waals surface area contributed by atoms with Crippen LogP contribution in [-0.2, 0) is 27.6 Å². The second kappa shape index (κ2) is 9.02. The molecule has 0 unspecified atom stereocenters. The summed E-state index contributed by atoms with van der Waals surface area (Å²) < 4.78 is 48.3. The molecule has 0 spiro atoms. The molecule has 0 atom stereocenters. The fourth-order valence-electron chi connectivity index (χ4n) is 4.13. The molecule has 0 N–H and O–H groups in total. The number of sulfone groups is 1. The van der Waals surface area contributed by atoms with E-state index in [0.29, 0.717) is 13.1 Å². The number of hydrogen-bond acceptors (Lipinski definition) is 5. The normalized spacial score (nSPS) is 17.8. The Morgan fingerprint density at radius 2 is 1.55 bits per heavy atom. The average molecular weight is 450 g/mol. The second-order valence-corrected chi connectivity index (χ2v) is 9.84. The summed E-state index contributed by atoms with van der Waals surface area (Å²) in [5.74, 6) is -3.29. The van der Waals surface area contributed by atoms with Crippen LogP contribution in [0.15, 0.2) is 53.4 Å². The quantitative estimate of drug-likeness (QED) is 0.678. The molecule has 0 saturated carbocycles. The number of anilines is 1. The van der Waals surface area contributed by atoms with Gasteiger partial charge in [-0.05, 0) is 35.7 Å². The Kier molecular flexibility index (Phi) is 6.36. The van der Waals surface area contributed by atoms with Gasteiger partial charge in [0.05, 0.1) is 11.4 Å². The molecule has 166 valence electrons. The first-order valence-electron chi connectivity index (χ1n) is 10.3. The van der Waals surface area contributed by atoms with E-state index in [1.165, 1.54) is 17.7 Å². The van der Waals surface area contributed by atoms with Gasteiger partial charge < -0.3 is 4.90 Å². The van der Waals surface area contributed by atoms with Gasteiger partial charge in [-0.1, -0.05) is 30.3 Å². The zero-order valence-corrected chi connectivity index (χ0v) is 17.9. The molecule has 0 aromatic heterocycles. The summed E-state index contributed by atoms with van der Waals surface area (Å²) in [4.78, 5) is 18.6. The lowest BCUT2D eigenvalue weighted by atomic mass is 10.2. The summed E-state index contributed by atoms with van der Waals surface area (Å²) in [6, 6.07) is 13.6. The molecule has 0 aliphatic carbocycles. The molecule has 1 amide bonds. The van der Waals surface area contributed by atoms with E-state index in [4.69, 9.17) is 0 Å². The van der Waals surface area contributed by atoms with E-state index >= 15 is 0 Å². The number of para-hydroxylation sites is 1. The minimum atomic E-state index is -4.56. The van der Waals surface area contributed by atoms with Crippen LogP contribution in [0, 0.1) is 0 Å². The predicted octanol–water partition coefficient (Wildman–Crippen LogP) is 2.39. The largest absolute Gasteiger partial charge is 0.341 e. The summed E-state index contributed by atoms with van der Waals surface area (Å²) >= 11 is 0. The monoisotopic (exact) mass is 449 g/mol. The van der Waals surface area contributed by atoms with Crippen molar-refractivity contribution in [2.75, 3.05) is 44.2 Å². The predicted molar refractivity (Wildman–Crippen MR) is 114 cm³/mol. The Labute approximate surface area is 181 Å². The standard InChI is InChI=1S/C22H25F2N3O3S/c23-22(24)31(29,30)19-7-5-17(6-8-19)15-25-11-13-26(14-12-25)16-21(28)27-10-9-18-3-1-2-4-20(18)27/h1-8,22H,9-16H2. The minimum Gasteiger partial charge on any atom is -0.311 e. The number of benzene rings is 2. The van der Waals surface area contributed by atoms with Gasteiger partial charge in [-0.15, -0.1) is 0 Å². The van der Waals surface area contributed by atoms with E-state index in [1.54, 1.807) is 12.1 Å². The van der Waals surface area contributed by atoms with Gasteiger partial charge in [-0.3, -0.25) is 14.6 Å². The molecule has 1 saturated heterocycles. The van der Waals surface area contributed by atoms with E-state index in [9.17, 15) is 22.0 Å². The number of carbonyl (C=O) groups is 1. The van der Waals surface area contributed by atoms with E-state index in [0.717, 1.165) is 50.4 Å². The summed E-state index contributed by atoms with van der Waals surface area (Å²) in [5, 5.41) is 0. The zero-order valence-electron chi connectivity index (χ0n) is 17.1. The molecule has 1 fully saturated rings. The second-order valence-electron chi connectivity index (χ2n) is 7.93. The van der Waals surface area contributed by atoms with Gasteiger partial charge in [0.25, 0.3) is 0 Å². The van der Waals surface area contributed by atoms with Gasteiger partial charge >= 0.3 is 5.76 Å². The van der Waals surface area contributed by atoms with Crippen molar-refractivity contribution in [2.45, 2.75) is 23.6 Å². The Bertz CT molecular complexity index is 1040. The lowest BCUT2D eigenvalue weighted by Gasteiger charge is -2.35. The van der Waals surface area contributed by atoms with Crippen LogP contribution in [-0.4, -0.2) is 69.2 Å². The highest BCUT2D eigenvalue weighted by Crippen LogP contribution is 2.27. The minimum absolute atomic E-state index is 0.120. The molecule has 31 heavy (non-hydrogen) atoms. The number of fused-ring (bicyclic) bond motifs is 1. The highest BCUT2D eigenvalue weighted by molar-refractivity contribution is 7.91. The Morgan fingerprint density at radius 3 is 2.23 bits per heavy atom. The number of hydrogen-bond donors (Lipinski definition) is 0. The molecule has 9 heteroatoms. The van der Waals surface area contributed by atoms with Crippen LogP contribution in [0.3, 0.4) is 0 Å². The summed E-state index contributed by atoms with van der Waals surface area (Å²) in [6.07, 6.45) is 0.896. The van der Waals surface area contributed by atoms with Gasteiger partial charge in [0.1, 0.15) is 0 Å². The van der Waals surface area contributed by atoms with Crippen LogP contribution < -0.4 is 4.90 Å². The summed E-state index contributed by atoms with van der Waals surface area (Å²) in [5.41, 5.74) is 3.10. The molecule has 6 nitrogen and oxygen atoms in total. The first kappa shape index (κ1) is 21.9. The molecule has 2 aromatic rings. The topological polar surface area (TPSA) is 60.9 Å². The molecule has 4 rings (SSSR count). The van der Waals surface area contributed by atoms with Crippen LogP contribution in [0.1, 0.15) is 11.1 Å². The first-order valence-corrected chi connectivity index (χ1v) is 11.8. The Balaban J connectivity index is 1.27. The lowest BCUT2D eigenvalue weighted by molar-refractivity contribution is -0.120. The fourth-order valence-corrected chi connectivity index (χ4v) is 4.85. The van der Waals surface area contributed by atoms with Crippen LogP contribution >= 0.6 is 0 Å². The maximum atomic E-state index is 12.8. The van der Waals surface area contributed by atoms with Crippen LogP contribution in [0.2, 0.25) is 0 Å². The average Bonchev–Trinajstić information content (AvgIpc) is 3.20. The molecular formula is C22H25F2N3O3S. The highest BCUT2D eigenvalue weighted by atomic mass is 32.2. The van der Waals surface area contributed by atoms with E-state index < -0.39 is 15.6 Å². The number of carbonyl (C=O) groups excluding carboxylic acids is 1. The third kappa shape index (κ3) is 4.78. The molecule has 2 aliphatic heterocycles. The number of rotatable bonds is 6. The van der Waals surface area contributed by atoms with Crippen molar-refractivity contribution in [1.29, 1.82) is 0 Å². The van der Waals surface area contributed by atoms with Crippen molar-refractivity contribution in [2.24, 2.45) is 0 Å². The van der Waals surface area contributed by atoms with Crippen molar-refractivity contribution >= 4 is 21.4 Å². The fraction of sp³-hybridized carbons (Fsp3) is 0.409. The number of nitrogens with zero attached hydrogens (tertiary/aromatic N) is 3. The van der Waals surface area contributed by atoms with Gasteiger partial charge in [-0.2, -0.15) is 8.78 Å². The molecule has 2 aliphatic rings. The molecule has 2 aromatic carbocycles. The van der Waals surface area contributed by atoms with E-state index in [1.807, 2.05) is 23.1 Å². The lowest BCUT2D eigenvalue weighted by Crippen LogP contribution is -2.49. The van der Waals surface area contributed by atoms with E-state index in [2.05, 4.69) is 15.9 Å². The van der Waals surface area contributed by atoms with Crippen molar-refractivity contribution in [1.82, 2.24) is 9.80 Å². The van der Waals surface area contributed by atoms with Crippen LogP contribution in [0.5, 0.6) is 0 Å². The first-order chi connectivity index (χ1) is 14.8. The van der Waals surface area contributed by atoms with Crippen molar-refractivity contribution in [3.63, 3.8) is 0 Å². The van der Waals surface area contributed by atoms with Gasteiger partial charge in [0.2, 0.25) is 15.7 Å². The van der Waals surface area contributed by atoms with E-state index in [-0.39, 0.29) is 10.8 Å². The molecule has 0 bridgehead atoms. The van der Waals surface area contributed by atoms with Gasteiger partial charge in [0, 0.05) is 45.0 Å². The van der Waals surface area contributed by atoms with Gasteiger partial charge in [0.15, 0.2) is 0 Å². The smallest absolute Gasteiger partial charge is 0.311 e. The maximum absolute atomic E-state index is 12.8. The third-order valence-corrected chi connectivity index (χ3v) is 7.30. The number of halogens is 2. The third-order valence-electron chi connectivity index (χ3n) is 5.90. The van der Waals surface area contributed by atoms with Gasteiger partial charge in [-0.25, -0.2) is 8.42 Å². The van der Waals surface area contributed by atoms with Crippen molar-refractivity contribution < 1.29 is 22.0 Å². The SMILES string of the molecule is O=C(CN1CCN(Cc2ccc(S(=O)(=O)C(F)F)cc2)CC1)N1CCc2ccccc21. The summed E-state index contributed by atoms with van der Waals surface area (Å²) in [6.45, 7) is 4.81. The zero-order chi connectivity index (χ0) is 22.0. The van der Waals surface area contributed by atoms with Crippen molar-refractivity contribution in [3.05, 3.63) is 59.7 Å². The Hall–Kier alpha value is -2.36. The highest BCUT2D eigenvalue weighted by Gasteiger charge is 2.28. The molecule has 0 radical (unpaired) electrons. The molecule has 2 heterocycles. The van der Waals surface area contributed by atoms with Crippen LogP contribution in [0.4, 0.5) is 14.5 Å². The number of piperazine rings is 1.